The molecule has 1 aliphatic rings. The van der Waals surface area contributed by atoms with Crippen molar-refractivity contribution in [2.75, 3.05) is 37.7 Å². The Kier molecular flexibility index (Phi) is 8.03. The topological polar surface area (TPSA) is 104 Å². The van der Waals surface area contributed by atoms with E-state index in [2.05, 4.69) is 11.1 Å². The summed E-state index contributed by atoms with van der Waals surface area (Å²) in [5.41, 5.74) is 0.732. The summed E-state index contributed by atoms with van der Waals surface area (Å²) in [5.74, 6) is -0.140. The molecule has 0 radical (unpaired) electrons. The number of benzene rings is 1. The van der Waals surface area contributed by atoms with Crippen LogP contribution in [0.2, 0.25) is 0 Å². The van der Waals surface area contributed by atoms with Crippen LogP contribution in [0.4, 0.5) is 5.69 Å². The minimum atomic E-state index is -3.61. The zero-order valence-electron chi connectivity index (χ0n) is 17.2. The van der Waals surface area contributed by atoms with Gasteiger partial charge in [0, 0.05) is 31.5 Å². The van der Waals surface area contributed by atoms with Crippen molar-refractivity contribution in [1.82, 2.24) is 9.29 Å². The lowest BCUT2D eigenvalue weighted by Gasteiger charge is -2.26. The third-order valence-electron chi connectivity index (χ3n) is 4.74. The molecule has 2 aromatic rings. The standard InChI is InChI=1S/C21H24N4O4S2/c1-17(21(26)25(11-5-10-22)18-6-3-2-4-7-18)30-20-9-8-19(16-23-20)31(27,28)24-12-14-29-15-13-24/h2-4,6-9,16-17H,5,11-15H2,1H3. The number of carbonyl (C=O) groups excluding carboxylic acids is 1. The Balaban J connectivity index is 1.69. The van der Waals surface area contributed by atoms with Gasteiger partial charge in [-0.15, -0.1) is 0 Å². The minimum Gasteiger partial charge on any atom is -0.379 e. The molecule has 1 aromatic heterocycles. The Morgan fingerprint density at radius 2 is 1.97 bits per heavy atom. The zero-order chi connectivity index (χ0) is 22.3. The number of amides is 1. The second-order valence-corrected chi connectivity index (χ2v) is 10.1. The van der Waals surface area contributed by atoms with Gasteiger partial charge in [0.15, 0.2) is 0 Å². The molecule has 3 rings (SSSR count). The van der Waals surface area contributed by atoms with Crippen molar-refractivity contribution >= 4 is 33.4 Å². The molecule has 1 atom stereocenters. The monoisotopic (exact) mass is 460 g/mol. The van der Waals surface area contributed by atoms with Gasteiger partial charge in [-0.2, -0.15) is 9.57 Å². The number of rotatable bonds is 8. The van der Waals surface area contributed by atoms with Crippen LogP contribution in [0.15, 0.2) is 58.6 Å². The molecule has 1 fully saturated rings. The molecular weight excluding hydrogens is 436 g/mol. The van der Waals surface area contributed by atoms with E-state index in [0.717, 1.165) is 5.69 Å². The lowest BCUT2D eigenvalue weighted by molar-refractivity contribution is -0.117. The Morgan fingerprint density at radius 3 is 2.58 bits per heavy atom. The third-order valence-corrected chi connectivity index (χ3v) is 7.66. The van der Waals surface area contributed by atoms with Gasteiger partial charge < -0.3 is 9.64 Å². The number of carbonyl (C=O) groups is 1. The van der Waals surface area contributed by atoms with Crippen LogP contribution in [0.5, 0.6) is 0 Å². The Labute approximate surface area is 186 Å². The summed E-state index contributed by atoms with van der Waals surface area (Å²) in [6.45, 7) is 3.47. The van der Waals surface area contributed by atoms with Gasteiger partial charge in [0.2, 0.25) is 15.9 Å². The van der Waals surface area contributed by atoms with Crippen LogP contribution in [0.1, 0.15) is 13.3 Å². The molecule has 164 valence electrons. The largest absolute Gasteiger partial charge is 0.379 e. The second-order valence-electron chi connectivity index (χ2n) is 6.84. The van der Waals surface area contributed by atoms with E-state index in [1.807, 2.05) is 30.3 Å². The number of nitrogens with zero attached hydrogens (tertiary/aromatic N) is 4. The molecule has 10 heteroatoms. The maximum Gasteiger partial charge on any atom is 0.244 e. The first-order chi connectivity index (χ1) is 14.9. The first kappa shape index (κ1) is 23.2. The summed E-state index contributed by atoms with van der Waals surface area (Å²) >= 11 is 1.25. The fourth-order valence-corrected chi connectivity index (χ4v) is 5.32. The van der Waals surface area contributed by atoms with Crippen LogP contribution in [0.25, 0.3) is 0 Å². The second kappa shape index (κ2) is 10.7. The van der Waals surface area contributed by atoms with Gasteiger partial charge in [-0.3, -0.25) is 4.79 Å². The van der Waals surface area contributed by atoms with E-state index < -0.39 is 15.3 Å². The molecule has 31 heavy (non-hydrogen) atoms. The lowest BCUT2D eigenvalue weighted by Crippen LogP contribution is -2.40. The van der Waals surface area contributed by atoms with E-state index in [0.29, 0.717) is 37.9 Å². The highest BCUT2D eigenvalue weighted by Crippen LogP contribution is 2.26. The normalized spacial score (nSPS) is 15.7. The summed E-state index contributed by atoms with van der Waals surface area (Å²) in [7, 11) is -3.61. The zero-order valence-corrected chi connectivity index (χ0v) is 18.8. The number of sulfonamides is 1. The number of nitriles is 1. The van der Waals surface area contributed by atoms with Crippen molar-refractivity contribution in [3.63, 3.8) is 0 Å². The highest BCUT2D eigenvalue weighted by atomic mass is 32.2. The van der Waals surface area contributed by atoms with Gasteiger partial charge >= 0.3 is 0 Å². The first-order valence-corrected chi connectivity index (χ1v) is 12.2. The van der Waals surface area contributed by atoms with Gasteiger partial charge in [0.05, 0.1) is 36.0 Å². The van der Waals surface area contributed by atoms with E-state index >= 15 is 0 Å². The van der Waals surface area contributed by atoms with Crippen LogP contribution < -0.4 is 4.90 Å². The molecule has 0 aliphatic carbocycles. The van der Waals surface area contributed by atoms with Crippen LogP contribution in [0.3, 0.4) is 0 Å². The fourth-order valence-electron chi connectivity index (χ4n) is 3.11. The Bertz CT molecular complexity index is 1020. The number of para-hydroxylation sites is 1. The van der Waals surface area contributed by atoms with Gasteiger partial charge in [0.1, 0.15) is 4.90 Å². The van der Waals surface area contributed by atoms with Crippen molar-refractivity contribution < 1.29 is 17.9 Å². The predicted molar refractivity (Wildman–Crippen MR) is 118 cm³/mol. The molecule has 0 spiro atoms. The average molecular weight is 461 g/mol. The van der Waals surface area contributed by atoms with E-state index in [-0.39, 0.29) is 17.2 Å². The quantitative estimate of drug-likeness (QED) is 0.558. The smallest absolute Gasteiger partial charge is 0.244 e. The van der Waals surface area contributed by atoms with Gasteiger partial charge in [-0.05, 0) is 31.2 Å². The average Bonchev–Trinajstić information content (AvgIpc) is 2.81. The number of hydrogen-bond donors (Lipinski definition) is 0. The first-order valence-electron chi connectivity index (χ1n) is 9.87. The molecule has 0 bridgehead atoms. The maximum absolute atomic E-state index is 13.0. The minimum absolute atomic E-state index is 0.123. The molecule has 1 aromatic carbocycles. The van der Waals surface area contributed by atoms with E-state index in [1.54, 1.807) is 17.9 Å². The fraction of sp³-hybridized carbons (Fsp3) is 0.381. The third kappa shape index (κ3) is 5.83. The van der Waals surface area contributed by atoms with Crippen molar-refractivity contribution in [2.45, 2.75) is 28.5 Å². The Morgan fingerprint density at radius 1 is 1.26 bits per heavy atom. The number of morpholine rings is 1. The molecular formula is C21H24N4O4S2. The summed E-state index contributed by atoms with van der Waals surface area (Å²) < 4.78 is 32.0. The highest BCUT2D eigenvalue weighted by Gasteiger charge is 2.27. The summed E-state index contributed by atoms with van der Waals surface area (Å²) in [4.78, 5) is 19.0. The number of anilines is 1. The predicted octanol–water partition coefficient (Wildman–Crippen LogP) is 2.53. The summed E-state index contributed by atoms with van der Waals surface area (Å²) in [6, 6.07) is 14.4. The SMILES string of the molecule is CC(Sc1ccc(S(=O)(=O)N2CCOCC2)cn1)C(=O)N(CCC#N)c1ccccc1. The molecule has 0 saturated carbocycles. The summed E-state index contributed by atoms with van der Waals surface area (Å²) in [6.07, 6.45) is 1.55. The van der Waals surface area contributed by atoms with E-state index in [9.17, 15) is 13.2 Å². The number of ether oxygens (including phenoxy) is 1. The molecule has 1 saturated heterocycles. The van der Waals surface area contributed by atoms with Crippen LogP contribution in [-0.4, -0.2) is 61.7 Å². The van der Waals surface area contributed by atoms with Crippen molar-refractivity contribution in [2.24, 2.45) is 0 Å². The number of thioether (sulfide) groups is 1. The highest BCUT2D eigenvalue weighted by molar-refractivity contribution is 8.00. The summed E-state index contributed by atoms with van der Waals surface area (Å²) in [5, 5.41) is 9.03. The maximum atomic E-state index is 13.0. The lowest BCUT2D eigenvalue weighted by atomic mass is 10.2. The van der Waals surface area contributed by atoms with Crippen LogP contribution >= 0.6 is 11.8 Å². The van der Waals surface area contributed by atoms with E-state index in [4.69, 9.17) is 10.00 Å². The number of hydrogen-bond acceptors (Lipinski definition) is 7. The van der Waals surface area contributed by atoms with Crippen molar-refractivity contribution in [1.29, 1.82) is 5.26 Å². The van der Waals surface area contributed by atoms with Crippen molar-refractivity contribution in [3.8, 4) is 6.07 Å². The van der Waals surface area contributed by atoms with Gasteiger partial charge in [-0.1, -0.05) is 30.0 Å². The molecule has 1 unspecified atom stereocenters. The van der Waals surface area contributed by atoms with Gasteiger partial charge in [0.25, 0.3) is 0 Å². The molecule has 2 heterocycles. The molecule has 0 N–H and O–H groups in total. The molecule has 1 aliphatic heterocycles. The molecule has 8 nitrogen and oxygen atoms in total. The molecule has 1 amide bonds. The van der Waals surface area contributed by atoms with Crippen molar-refractivity contribution in [3.05, 3.63) is 48.7 Å². The van der Waals surface area contributed by atoms with Crippen LogP contribution in [0, 0.1) is 11.3 Å². The number of pyridine rings is 1. The number of aromatic nitrogens is 1. The van der Waals surface area contributed by atoms with Gasteiger partial charge in [-0.25, -0.2) is 13.4 Å². The van der Waals surface area contributed by atoms with Crippen LogP contribution in [-0.2, 0) is 19.6 Å². The Hall–Kier alpha value is -2.45. The van der Waals surface area contributed by atoms with E-state index in [1.165, 1.54) is 28.3 Å².